The average molecular weight is 280 g/mol. The Balaban J connectivity index is 1.85. The van der Waals surface area contributed by atoms with Gasteiger partial charge in [0.2, 0.25) is 0 Å². The molecule has 102 valence electrons. The largest absolute Gasteiger partial charge is 0.390 e. The van der Waals surface area contributed by atoms with Crippen LogP contribution in [0.3, 0.4) is 0 Å². The number of nitriles is 1. The molecule has 1 atom stereocenters. The van der Waals surface area contributed by atoms with Gasteiger partial charge in [0.1, 0.15) is 0 Å². The summed E-state index contributed by atoms with van der Waals surface area (Å²) in [5, 5.41) is 22.5. The Bertz CT molecular complexity index is 466. The van der Waals surface area contributed by atoms with Gasteiger partial charge in [-0.1, -0.05) is 11.6 Å². The monoisotopic (exact) mass is 279 g/mol. The number of hydrogen-bond acceptors (Lipinski definition) is 4. The van der Waals surface area contributed by atoms with Crippen LogP contribution in [0.25, 0.3) is 0 Å². The zero-order chi connectivity index (χ0) is 13.7. The maximum Gasteiger partial charge on any atom is 0.0992 e. The number of nitrogens with zero attached hydrogens (tertiary/aromatic N) is 2. The minimum Gasteiger partial charge on any atom is -0.390 e. The minimum absolute atomic E-state index is 0.431. The first-order valence-electron chi connectivity index (χ1n) is 6.53. The number of nitrogens with one attached hydrogen (secondary N) is 1. The van der Waals surface area contributed by atoms with E-state index in [2.05, 4.69) is 16.3 Å². The fourth-order valence-electron chi connectivity index (χ4n) is 2.29. The first kappa shape index (κ1) is 14.1. The Hall–Kier alpha value is -1.28. The van der Waals surface area contributed by atoms with E-state index in [4.69, 9.17) is 16.9 Å². The summed E-state index contributed by atoms with van der Waals surface area (Å²) < 4.78 is 0. The molecule has 1 fully saturated rings. The lowest BCUT2D eigenvalue weighted by atomic mass is 10.2. The summed E-state index contributed by atoms with van der Waals surface area (Å²) in [4.78, 5) is 2.26. The van der Waals surface area contributed by atoms with Crippen molar-refractivity contribution in [2.45, 2.75) is 18.9 Å². The number of halogens is 1. The molecule has 0 spiro atoms. The fourth-order valence-corrected chi connectivity index (χ4v) is 2.47. The van der Waals surface area contributed by atoms with Crippen LogP contribution in [0, 0.1) is 11.3 Å². The number of benzene rings is 1. The molecule has 2 N–H and O–H groups in total. The molecule has 1 heterocycles. The Morgan fingerprint density at radius 1 is 1.42 bits per heavy atom. The number of aliphatic hydroxyl groups excluding tert-OH is 1. The van der Waals surface area contributed by atoms with E-state index in [-0.39, 0.29) is 0 Å². The fraction of sp³-hybridized carbons (Fsp3) is 0.500. The van der Waals surface area contributed by atoms with Crippen molar-refractivity contribution in [2.24, 2.45) is 0 Å². The van der Waals surface area contributed by atoms with Crippen molar-refractivity contribution in [3.8, 4) is 6.07 Å². The summed E-state index contributed by atoms with van der Waals surface area (Å²) in [6, 6.07) is 7.14. The predicted molar refractivity (Wildman–Crippen MR) is 76.3 cm³/mol. The number of hydrogen-bond donors (Lipinski definition) is 2. The van der Waals surface area contributed by atoms with E-state index in [1.54, 1.807) is 18.2 Å². The molecule has 0 bridgehead atoms. The van der Waals surface area contributed by atoms with Gasteiger partial charge in [0, 0.05) is 13.1 Å². The average Bonchev–Trinajstić information content (AvgIpc) is 2.90. The van der Waals surface area contributed by atoms with Gasteiger partial charge in [-0.05, 0) is 44.1 Å². The molecule has 5 heteroatoms. The van der Waals surface area contributed by atoms with E-state index in [1.165, 1.54) is 12.8 Å². The number of anilines is 1. The van der Waals surface area contributed by atoms with Gasteiger partial charge < -0.3 is 15.3 Å². The number of aliphatic hydroxyl groups is 1. The van der Waals surface area contributed by atoms with Gasteiger partial charge in [0.05, 0.1) is 28.4 Å². The molecule has 0 saturated carbocycles. The number of β-amino-alcohol motifs (C(OH)–C–C–N with tert-alkyl or cyclic N) is 1. The molecule has 0 aromatic heterocycles. The molecule has 4 nitrogen and oxygen atoms in total. The number of rotatable bonds is 5. The Morgan fingerprint density at radius 2 is 2.16 bits per heavy atom. The Morgan fingerprint density at radius 3 is 2.84 bits per heavy atom. The molecular formula is C14H18ClN3O. The minimum atomic E-state index is -0.431. The summed E-state index contributed by atoms with van der Waals surface area (Å²) >= 11 is 6.04. The molecule has 1 saturated heterocycles. The third-order valence-electron chi connectivity index (χ3n) is 3.29. The van der Waals surface area contributed by atoms with E-state index in [0.717, 1.165) is 13.1 Å². The van der Waals surface area contributed by atoms with Crippen LogP contribution < -0.4 is 5.32 Å². The molecule has 0 amide bonds. The second-order valence-electron chi connectivity index (χ2n) is 4.85. The summed E-state index contributed by atoms with van der Waals surface area (Å²) in [7, 11) is 0. The van der Waals surface area contributed by atoms with Crippen molar-refractivity contribution >= 4 is 17.3 Å². The van der Waals surface area contributed by atoms with Gasteiger partial charge in [-0.25, -0.2) is 0 Å². The molecule has 1 aromatic rings. The zero-order valence-electron chi connectivity index (χ0n) is 10.8. The van der Waals surface area contributed by atoms with Crippen LogP contribution in [-0.2, 0) is 0 Å². The molecule has 19 heavy (non-hydrogen) atoms. The first-order valence-corrected chi connectivity index (χ1v) is 6.91. The maximum atomic E-state index is 9.98. The van der Waals surface area contributed by atoms with Crippen LogP contribution in [0.1, 0.15) is 18.4 Å². The van der Waals surface area contributed by atoms with E-state index in [1.807, 2.05) is 0 Å². The van der Waals surface area contributed by atoms with Crippen molar-refractivity contribution < 1.29 is 5.11 Å². The molecule has 0 radical (unpaired) electrons. The highest BCUT2D eigenvalue weighted by molar-refractivity contribution is 6.33. The van der Waals surface area contributed by atoms with Crippen molar-refractivity contribution in [2.75, 3.05) is 31.5 Å². The van der Waals surface area contributed by atoms with E-state index >= 15 is 0 Å². The molecule has 0 aliphatic carbocycles. The predicted octanol–water partition coefficient (Wildman–Crippen LogP) is 2.08. The summed E-state index contributed by atoms with van der Waals surface area (Å²) in [5.41, 5.74) is 1.25. The summed E-state index contributed by atoms with van der Waals surface area (Å²) in [6.45, 7) is 3.26. The SMILES string of the molecule is N#Cc1ccc(Cl)c(NCC(O)CN2CCCC2)c1. The molecule has 2 rings (SSSR count). The Kier molecular flexibility index (Phi) is 5.03. The van der Waals surface area contributed by atoms with Crippen LogP contribution >= 0.6 is 11.6 Å². The third-order valence-corrected chi connectivity index (χ3v) is 3.62. The smallest absolute Gasteiger partial charge is 0.0992 e. The van der Waals surface area contributed by atoms with Gasteiger partial charge in [-0.3, -0.25) is 0 Å². The van der Waals surface area contributed by atoms with Crippen LogP contribution in [0.2, 0.25) is 5.02 Å². The van der Waals surface area contributed by atoms with Gasteiger partial charge in [-0.15, -0.1) is 0 Å². The van der Waals surface area contributed by atoms with E-state index < -0.39 is 6.10 Å². The van der Waals surface area contributed by atoms with Crippen molar-refractivity contribution in [1.29, 1.82) is 5.26 Å². The van der Waals surface area contributed by atoms with Crippen LogP contribution in [0.15, 0.2) is 18.2 Å². The summed E-state index contributed by atoms with van der Waals surface area (Å²) in [5.74, 6) is 0. The maximum absolute atomic E-state index is 9.98. The van der Waals surface area contributed by atoms with Gasteiger partial charge >= 0.3 is 0 Å². The van der Waals surface area contributed by atoms with E-state index in [0.29, 0.717) is 29.4 Å². The topological polar surface area (TPSA) is 59.3 Å². The first-order chi connectivity index (χ1) is 9.19. The quantitative estimate of drug-likeness (QED) is 0.866. The van der Waals surface area contributed by atoms with Gasteiger partial charge in [0.15, 0.2) is 0 Å². The lowest BCUT2D eigenvalue weighted by Crippen LogP contribution is -2.34. The second kappa shape index (κ2) is 6.76. The van der Waals surface area contributed by atoms with Crippen LogP contribution in [0.5, 0.6) is 0 Å². The van der Waals surface area contributed by atoms with E-state index in [9.17, 15) is 5.11 Å². The second-order valence-corrected chi connectivity index (χ2v) is 5.26. The molecule has 1 aromatic carbocycles. The third kappa shape index (κ3) is 4.10. The van der Waals surface area contributed by atoms with Gasteiger partial charge in [0.25, 0.3) is 0 Å². The van der Waals surface area contributed by atoms with Crippen LogP contribution in [-0.4, -0.2) is 42.3 Å². The lowest BCUT2D eigenvalue weighted by molar-refractivity contribution is 0.135. The normalized spacial score (nSPS) is 17.1. The molecule has 1 aliphatic heterocycles. The molecule has 1 unspecified atom stereocenters. The highest BCUT2D eigenvalue weighted by atomic mass is 35.5. The van der Waals surface area contributed by atoms with Gasteiger partial charge in [-0.2, -0.15) is 5.26 Å². The number of likely N-dealkylation sites (tertiary alicyclic amines) is 1. The van der Waals surface area contributed by atoms with Crippen molar-refractivity contribution in [3.05, 3.63) is 28.8 Å². The standard InChI is InChI=1S/C14H18ClN3O/c15-13-4-3-11(8-16)7-14(13)17-9-12(19)10-18-5-1-2-6-18/h3-4,7,12,17,19H,1-2,5-6,9-10H2. The van der Waals surface area contributed by atoms with Crippen LogP contribution in [0.4, 0.5) is 5.69 Å². The lowest BCUT2D eigenvalue weighted by Gasteiger charge is -2.20. The Labute approximate surface area is 118 Å². The molecule has 1 aliphatic rings. The summed E-state index contributed by atoms with van der Waals surface area (Å²) in [6.07, 6.45) is 2.01. The molecular weight excluding hydrogens is 262 g/mol. The van der Waals surface area contributed by atoms with Crippen molar-refractivity contribution in [3.63, 3.8) is 0 Å². The highest BCUT2D eigenvalue weighted by Gasteiger charge is 2.15. The highest BCUT2D eigenvalue weighted by Crippen LogP contribution is 2.22. The van der Waals surface area contributed by atoms with Crippen molar-refractivity contribution in [1.82, 2.24) is 4.90 Å². The zero-order valence-corrected chi connectivity index (χ0v) is 11.5.